The summed E-state index contributed by atoms with van der Waals surface area (Å²) in [6, 6.07) is 6.01. The zero-order chi connectivity index (χ0) is 23.4. The molecule has 2 aromatic heterocycles. The molecule has 1 fully saturated rings. The minimum atomic E-state index is -0.118. The van der Waals surface area contributed by atoms with Crippen LogP contribution in [0.25, 0.3) is 10.9 Å². The minimum Gasteiger partial charge on any atom is -0.395 e. The van der Waals surface area contributed by atoms with E-state index in [1.165, 1.54) is 0 Å². The van der Waals surface area contributed by atoms with E-state index in [0.717, 1.165) is 60.1 Å². The van der Waals surface area contributed by atoms with Crippen LogP contribution in [-0.4, -0.2) is 61.1 Å². The number of H-pyrrole nitrogens is 1. The number of aromatic amines is 1. The van der Waals surface area contributed by atoms with Gasteiger partial charge in [-0.15, -0.1) is 5.10 Å². The number of ether oxygens (including phenoxy) is 1. The number of nitrogens with one attached hydrogen (secondary N) is 1. The first-order chi connectivity index (χ1) is 16.0. The Hall–Kier alpha value is -2.62. The fraction of sp³-hybridized carbons (Fsp3) is 0.583. The lowest BCUT2D eigenvalue weighted by Gasteiger charge is -2.30. The number of aryl methyl sites for hydroxylation is 2. The van der Waals surface area contributed by atoms with Gasteiger partial charge in [0, 0.05) is 25.3 Å². The van der Waals surface area contributed by atoms with Gasteiger partial charge in [0.1, 0.15) is 0 Å². The van der Waals surface area contributed by atoms with Crippen LogP contribution in [0.4, 0.5) is 0 Å². The van der Waals surface area contributed by atoms with E-state index in [1.54, 1.807) is 0 Å². The highest BCUT2D eigenvalue weighted by molar-refractivity contribution is 5.82. The Kier molecular flexibility index (Phi) is 7.52. The SMILES string of the molecule is CCC[C@H](c1nnnn1C[C@H]1CCCO1)N(CCO)Cc1cc2cc(C)cc(C)c2[nH]c1=O. The summed E-state index contributed by atoms with van der Waals surface area (Å²) in [5.74, 6) is 0.754. The molecule has 1 aliphatic heterocycles. The molecule has 1 aliphatic rings. The Morgan fingerprint density at radius 3 is 2.91 bits per heavy atom. The molecule has 178 valence electrons. The quantitative estimate of drug-likeness (QED) is 0.485. The van der Waals surface area contributed by atoms with Crippen LogP contribution >= 0.6 is 0 Å². The second kappa shape index (κ2) is 10.5. The summed E-state index contributed by atoms with van der Waals surface area (Å²) in [5.41, 5.74) is 3.64. The predicted octanol–water partition coefficient (Wildman–Crippen LogP) is 2.65. The van der Waals surface area contributed by atoms with Crippen LogP contribution in [0.3, 0.4) is 0 Å². The molecular formula is C24H34N6O3. The molecule has 0 aliphatic carbocycles. The molecule has 0 amide bonds. The Bertz CT molecular complexity index is 1130. The van der Waals surface area contributed by atoms with E-state index >= 15 is 0 Å². The van der Waals surface area contributed by atoms with Crippen LogP contribution in [-0.2, 0) is 17.8 Å². The van der Waals surface area contributed by atoms with Crippen LogP contribution in [0, 0.1) is 13.8 Å². The maximum Gasteiger partial charge on any atom is 0.252 e. The normalized spacial score (nSPS) is 17.3. The third kappa shape index (κ3) is 5.31. The molecule has 0 radical (unpaired) electrons. The molecule has 0 unspecified atom stereocenters. The van der Waals surface area contributed by atoms with E-state index in [-0.39, 0.29) is 24.3 Å². The molecule has 0 bridgehead atoms. The van der Waals surface area contributed by atoms with E-state index < -0.39 is 0 Å². The van der Waals surface area contributed by atoms with Gasteiger partial charge in [0.15, 0.2) is 5.82 Å². The van der Waals surface area contributed by atoms with Gasteiger partial charge in [-0.2, -0.15) is 0 Å². The lowest BCUT2D eigenvalue weighted by atomic mass is 10.0. The van der Waals surface area contributed by atoms with Gasteiger partial charge in [0.2, 0.25) is 0 Å². The van der Waals surface area contributed by atoms with Crippen molar-refractivity contribution in [3.63, 3.8) is 0 Å². The van der Waals surface area contributed by atoms with E-state index in [1.807, 2.05) is 17.7 Å². The fourth-order valence-electron chi connectivity index (χ4n) is 4.85. The molecule has 2 atom stereocenters. The summed E-state index contributed by atoms with van der Waals surface area (Å²) in [6.07, 6.45) is 3.92. The van der Waals surface area contributed by atoms with Gasteiger partial charge in [-0.25, -0.2) is 4.68 Å². The molecule has 4 rings (SSSR count). The average molecular weight is 455 g/mol. The van der Waals surface area contributed by atoms with Gasteiger partial charge < -0.3 is 14.8 Å². The maximum atomic E-state index is 13.0. The second-order valence-corrected chi connectivity index (χ2v) is 9.02. The molecule has 33 heavy (non-hydrogen) atoms. The van der Waals surface area contributed by atoms with Gasteiger partial charge >= 0.3 is 0 Å². The van der Waals surface area contributed by atoms with Crippen molar-refractivity contribution in [3.8, 4) is 0 Å². The number of fused-ring (bicyclic) bond motifs is 1. The van der Waals surface area contributed by atoms with Crippen molar-refractivity contribution in [2.75, 3.05) is 19.8 Å². The number of benzene rings is 1. The first-order valence-corrected chi connectivity index (χ1v) is 11.9. The highest BCUT2D eigenvalue weighted by Gasteiger charge is 2.28. The topological polar surface area (TPSA) is 109 Å². The molecule has 1 aromatic carbocycles. The van der Waals surface area contributed by atoms with Crippen LogP contribution < -0.4 is 5.56 Å². The van der Waals surface area contributed by atoms with Crippen molar-refractivity contribution in [3.05, 3.63) is 51.1 Å². The number of tetrazole rings is 1. The van der Waals surface area contributed by atoms with Crippen LogP contribution in [0.5, 0.6) is 0 Å². The van der Waals surface area contributed by atoms with Gasteiger partial charge in [-0.1, -0.05) is 25.0 Å². The first-order valence-electron chi connectivity index (χ1n) is 11.9. The number of hydrogen-bond acceptors (Lipinski definition) is 7. The predicted molar refractivity (Wildman–Crippen MR) is 126 cm³/mol. The number of aliphatic hydroxyl groups excluding tert-OH is 1. The van der Waals surface area contributed by atoms with Crippen molar-refractivity contribution < 1.29 is 9.84 Å². The Labute approximate surface area is 193 Å². The molecule has 0 saturated carbocycles. The lowest BCUT2D eigenvalue weighted by molar-refractivity contribution is 0.0870. The van der Waals surface area contributed by atoms with Crippen LogP contribution in [0.2, 0.25) is 0 Å². The molecule has 9 heteroatoms. The zero-order valence-corrected chi connectivity index (χ0v) is 19.8. The molecule has 3 heterocycles. The maximum absolute atomic E-state index is 13.0. The number of aliphatic hydroxyl groups is 1. The number of pyridine rings is 1. The van der Waals surface area contributed by atoms with Gasteiger partial charge in [0.25, 0.3) is 5.56 Å². The zero-order valence-electron chi connectivity index (χ0n) is 19.8. The summed E-state index contributed by atoms with van der Waals surface area (Å²) in [4.78, 5) is 18.1. The summed E-state index contributed by atoms with van der Waals surface area (Å²) in [7, 11) is 0. The third-order valence-electron chi connectivity index (χ3n) is 6.39. The summed E-state index contributed by atoms with van der Waals surface area (Å²) >= 11 is 0. The van der Waals surface area contributed by atoms with E-state index in [2.05, 4.69) is 51.4 Å². The number of hydrogen-bond donors (Lipinski definition) is 2. The number of nitrogens with zero attached hydrogens (tertiary/aromatic N) is 5. The highest BCUT2D eigenvalue weighted by Crippen LogP contribution is 2.27. The first kappa shape index (κ1) is 23.5. The van der Waals surface area contributed by atoms with Crippen LogP contribution in [0.1, 0.15) is 61.2 Å². The average Bonchev–Trinajstić information content (AvgIpc) is 3.45. The Balaban J connectivity index is 1.66. The standard InChI is InChI=1S/C24H34N6O3/c1-4-6-21(23-26-27-28-30(23)15-20-7-5-10-33-20)29(8-9-31)14-19-13-18-12-16(2)11-17(3)22(18)25-24(19)32/h11-13,20-21,31H,4-10,14-15H2,1-3H3,(H,25,32)/t20-,21-/m1/s1. The molecular weight excluding hydrogens is 420 g/mol. The van der Waals surface area contributed by atoms with Crippen molar-refractivity contribution in [1.82, 2.24) is 30.1 Å². The number of rotatable bonds is 10. The van der Waals surface area contributed by atoms with Gasteiger partial charge in [-0.05, 0) is 66.6 Å². The van der Waals surface area contributed by atoms with Crippen molar-refractivity contribution in [1.29, 1.82) is 0 Å². The molecule has 1 saturated heterocycles. The van der Waals surface area contributed by atoms with Crippen molar-refractivity contribution in [2.45, 2.75) is 71.7 Å². The molecule has 9 nitrogen and oxygen atoms in total. The van der Waals surface area contributed by atoms with E-state index in [9.17, 15) is 9.90 Å². The largest absolute Gasteiger partial charge is 0.395 e. The lowest BCUT2D eigenvalue weighted by Crippen LogP contribution is -2.35. The molecule has 0 spiro atoms. The summed E-state index contributed by atoms with van der Waals surface area (Å²) in [6.45, 7) is 8.38. The highest BCUT2D eigenvalue weighted by atomic mass is 16.5. The monoisotopic (exact) mass is 454 g/mol. The smallest absolute Gasteiger partial charge is 0.252 e. The Morgan fingerprint density at radius 1 is 1.33 bits per heavy atom. The molecule has 3 aromatic rings. The summed E-state index contributed by atoms with van der Waals surface area (Å²) < 4.78 is 7.62. The fourth-order valence-corrected chi connectivity index (χ4v) is 4.85. The minimum absolute atomic E-state index is 0.0166. The van der Waals surface area contributed by atoms with Gasteiger partial charge in [0.05, 0.1) is 30.8 Å². The number of aromatic nitrogens is 5. The Morgan fingerprint density at radius 2 is 2.18 bits per heavy atom. The molecule has 2 N–H and O–H groups in total. The van der Waals surface area contributed by atoms with Crippen LogP contribution in [0.15, 0.2) is 23.0 Å². The second-order valence-electron chi connectivity index (χ2n) is 9.02. The van der Waals surface area contributed by atoms with Gasteiger partial charge in [-0.3, -0.25) is 9.69 Å². The summed E-state index contributed by atoms with van der Waals surface area (Å²) in [5, 5.41) is 23.4. The van der Waals surface area contributed by atoms with Crippen molar-refractivity contribution >= 4 is 10.9 Å². The van der Waals surface area contributed by atoms with E-state index in [4.69, 9.17) is 4.74 Å². The van der Waals surface area contributed by atoms with Crippen molar-refractivity contribution in [2.24, 2.45) is 0 Å². The van der Waals surface area contributed by atoms with E-state index in [0.29, 0.717) is 25.2 Å². The third-order valence-corrected chi connectivity index (χ3v) is 6.39.